The first-order valence-corrected chi connectivity index (χ1v) is 6.94. The quantitative estimate of drug-likeness (QED) is 0.652. The third-order valence-corrected chi connectivity index (χ3v) is 2.93. The van der Waals surface area contributed by atoms with Crippen LogP contribution in [-0.4, -0.2) is 12.1 Å². The molecule has 21 heavy (non-hydrogen) atoms. The number of rotatable bonds is 5. The summed E-state index contributed by atoms with van der Waals surface area (Å²) >= 11 is 0. The number of anilines is 2. The molecule has 0 aliphatic heterocycles. The lowest BCUT2D eigenvalue weighted by atomic mass is 10.1. The Morgan fingerprint density at radius 2 is 1.90 bits per heavy atom. The average molecular weight is 284 g/mol. The molecular formula is C17H20N2O2. The summed E-state index contributed by atoms with van der Waals surface area (Å²) in [6.45, 7) is 4.27. The van der Waals surface area contributed by atoms with Crippen molar-refractivity contribution in [2.24, 2.45) is 0 Å². The molecule has 0 saturated carbocycles. The first-order chi connectivity index (χ1) is 10.1. The second kappa shape index (κ2) is 6.79. The van der Waals surface area contributed by atoms with Crippen LogP contribution in [-0.2, 0) is 11.3 Å². The van der Waals surface area contributed by atoms with Gasteiger partial charge < -0.3 is 15.8 Å². The van der Waals surface area contributed by atoms with Crippen LogP contribution >= 0.6 is 0 Å². The molecule has 0 amide bonds. The number of carbonyl (C=O) groups is 1. The fourth-order valence-corrected chi connectivity index (χ4v) is 1.96. The van der Waals surface area contributed by atoms with Gasteiger partial charge in [0.05, 0.1) is 11.7 Å². The Labute approximate surface area is 124 Å². The summed E-state index contributed by atoms with van der Waals surface area (Å²) < 4.78 is 5.25. The number of hydrogen-bond acceptors (Lipinski definition) is 4. The van der Waals surface area contributed by atoms with Crippen LogP contribution in [0.4, 0.5) is 11.4 Å². The van der Waals surface area contributed by atoms with Gasteiger partial charge in [-0.2, -0.15) is 0 Å². The van der Waals surface area contributed by atoms with Crippen LogP contribution in [0.2, 0.25) is 0 Å². The Balaban J connectivity index is 2.17. The number of nitrogen functional groups attached to an aromatic ring is 1. The van der Waals surface area contributed by atoms with E-state index < -0.39 is 0 Å². The highest BCUT2D eigenvalue weighted by Gasteiger charge is 2.14. The van der Waals surface area contributed by atoms with Crippen molar-refractivity contribution in [1.82, 2.24) is 0 Å². The van der Waals surface area contributed by atoms with Crippen LogP contribution in [0, 0.1) is 0 Å². The highest BCUT2D eigenvalue weighted by molar-refractivity contribution is 5.96. The molecule has 4 heteroatoms. The molecule has 2 rings (SSSR count). The van der Waals surface area contributed by atoms with Gasteiger partial charge in [0.2, 0.25) is 0 Å². The lowest BCUT2D eigenvalue weighted by Gasteiger charge is -2.14. The van der Waals surface area contributed by atoms with E-state index >= 15 is 0 Å². The fraction of sp³-hybridized carbons (Fsp3) is 0.235. The number of nitrogens with one attached hydrogen (secondary N) is 1. The summed E-state index contributed by atoms with van der Waals surface area (Å²) in [6, 6.07) is 15.2. The highest BCUT2D eigenvalue weighted by Crippen LogP contribution is 2.21. The molecule has 0 saturated heterocycles. The number of esters is 1. The van der Waals surface area contributed by atoms with E-state index in [1.807, 2.05) is 44.2 Å². The first-order valence-electron chi connectivity index (χ1n) is 6.94. The number of ether oxygens (including phenoxy) is 1. The molecule has 0 aromatic heterocycles. The molecule has 4 nitrogen and oxygen atoms in total. The van der Waals surface area contributed by atoms with Gasteiger partial charge in [-0.3, -0.25) is 0 Å². The van der Waals surface area contributed by atoms with Gasteiger partial charge in [-0.25, -0.2) is 4.79 Å². The summed E-state index contributed by atoms with van der Waals surface area (Å²) in [5.41, 5.74) is 8.62. The van der Waals surface area contributed by atoms with E-state index in [9.17, 15) is 4.79 Å². The molecule has 0 heterocycles. The third-order valence-electron chi connectivity index (χ3n) is 2.93. The van der Waals surface area contributed by atoms with Gasteiger partial charge in [-0.05, 0) is 37.6 Å². The SMILES string of the molecule is CC(C)OC(=O)c1cc(N)ccc1NCc1ccccc1. The molecule has 2 aromatic rings. The summed E-state index contributed by atoms with van der Waals surface area (Å²) in [5.74, 6) is -0.368. The van der Waals surface area contributed by atoms with Crippen molar-refractivity contribution >= 4 is 17.3 Å². The average Bonchev–Trinajstić information content (AvgIpc) is 2.46. The van der Waals surface area contributed by atoms with Gasteiger partial charge in [0.25, 0.3) is 0 Å². The molecule has 3 N–H and O–H groups in total. The zero-order valence-electron chi connectivity index (χ0n) is 12.3. The summed E-state index contributed by atoms with van der Waals surface area (Å²) in [7, 11) is 0. The minimum absolute atomic E-state index is 0.166. The number of carbonyl (C=O) groups excluding carboxylic acids is 1. The van der Waals surface area contributed by atoms with Gasteiger partial charge >= 0.3 is 5.97 Å². The molecule has 0 bridgehead atoms. The smallest absolute Gasteiger partial charge is 0.340 e. The van der Waals surface area contributed by atoms with Crippen molar-refractivity contribution in [1.29, 1.82) is 0 Å². The van der Waals surface area contributed by atoms with E-state index in [-0.39, 0.29) is 12.1 Å². The van der Waals surface area contributed by atoms with Crippen molar-refractivity contribution in [3.05, 3.63) is 59.7 Å². The summed E-state index contributed by atoms with van der Waals surface area (Å²) in [4.78, 5) is 12.1. The van der Waals surface area contributed by atoms with E-state index in [1.54, 1.807) is 18.2 Å². The highest BCUT2D eigenvalue weighted by atomic mass is 16.5. The maximum atomic E-state index is 12.1. The van der Waals surface area contributed by atoms with Gasteiger partial charge in [0.15, 0.2) is 0 Å². The van der Waals surface area contributed by atoms with Gasteiger partial charge in [-0.15, -0.1) is 0 Å². The molecular weight excluding hydrogens is 264 g/mol. The zero-order valence-corrected chi connectivity index (χ0v) is 12.3. The number of benzene rings is 2. The van der Waals surface area contributed by atoms with Crippen LogP contribution in [0.15, 0.2) is 48.5 Å². The van der Waals surface area contributed by atoms with Crippen LogP contribution in [0.25, 0.3) is 0 Å². The number of nitrogens with two attached hydrogens (primary N) is 1. The number of hydrogen-bond donors (Lipinski definition) is 2. The Kier molecular flexibility index (Phi) is 4.82. The van der Waals surface area contributed by atoms with Crippen molar-refractivity contribution in [3.63, 3.8) is 0 Å². The lowest BCUT2D eigenvalue weighted by Crippen LogP contribution is -2.14. The fourth-order valence-electron chi connectivity index (χ4n) is 1.96. The molecule has 2 aromatic carbocycles. The summed E-state index contributed by atoms with van der Waals surface area (Å²) in [5, 5.41) is 3.25. The second-order valence-electron chi connectivity index (χ2n) is 5.10. The molecule has 0 atom stereocenters. The van der Waals surface area contributed by atoms with Crippen LogP contribution < -0.4 is 11.1 Å². The normalized spacial score (nSPS) is 10.4. The topological polar surface area (TPSA) is 64.3 Å². The zero-order chi connectivity index (χ0) is 15.2. The maximum absolute atomic E-state index is 12.1. The molecule has 0 aliphatic carbocycles. The standard InChI is InChI=1S/C17H20N2O2/c1-12(2)21-17(20)15-10-14(18)8-9-16(15)19-11-13-6-4-3-5-7-13/h3-10,12,19H,11,18H2,1-2H3. The predicted molar refractivity (Wildman–Crippen MR) is 85.2 cm³/mol. The lowest BCUT2D eigenvalue weighted by molar-refractivity contribution is 0.0379. The van der Waals surface area contributed by atoms with E-state index in [4.69, 9.17) is 10.5 Å². The van der Waals surface area contributed by atoms with Gasteiger partial charge in [0, 0.05) is 17.9 Å². The second-order valence-corrected chi connectivity index (χ2v) is 5.10. The molecule has 110 valence electrons. The van der Waals surface area contributed by atoms with Crippen LogP contribution in [0.3, 0.4) is 0 Å². The largest absolute Gasteiger partial charge is 0.459 e. The monoisotopic (exact) mass is 284 g/mol. The summed E-state index contributed by atoms with van der Waals surface area (Å²) in [6.07, 6.45) is -0.166. The molecule has 0 aliphatic rings. The van der Waals surface area contributed by atoms with Crippen LogP contribution in [0.5, 0.6) is 0 Å². The Morgan fingerprint density at radius 3 is 2.57 bits per heavy atom. The Morgan fingerprint density at radius 1 is 1.19 bits per heavy atom. The van der Waals surface area contributed by atoms with Crippen molar-refractivity contribution in [2.45, 2.75) is 26.5 Å². The third kappa shape index (κ3) is 4.24. The minimum Gasteiger partial charge on any atom is -0.459 e. The molecule has 0 unspecified atom stereocenters. The van der Waals surface area contributed by atoms with E-state index in [1.165, 1.54) is 0 Å². The molecule has 0 fully saturated rings. The van der Waals surface area contributed by atoms with Crippen molar-refractivity contribution < 1.29 is 9.53 Å². The minimum atomic E-state index is -0.368. The van der Waals surface area contributed by atoms with Crippen molar-refractivity contribution in [2.75, 3.05) is 11.1 Å². The van der Waals surface area contributed by atoms with E-state index in [0.29, 0.717) is 17.8 Å². The maximum Gasteiger partial charge on any atom is 0.340 e. The van der Waals surface area contributed by atoms with Gasteiger partial charge in [0.1, 0.15) is 0 Å². The van der Waals surface area contributed by atoms with Gasteiger partial charge in [-0.1, -0.05) is 30.3 Å². The van der Waals surface area contributed by atoms with E-state index in [2.05, 4.69) is 5.32 Å². The van der Waals surface area contributed by atoms with Crippen molar-refractivity contribution in [3.8, 4) is 0 Å². The first kappa shape index (κ1) is 14.9. The van der Waals surface area contributed by atoms with E-state index in [0.717, 1.165) is 11.3 Å². The predicted octanol–water partition coefficient (Wildman–Crippen LogP) is 3.45. The Bertz CT molecular complexity index is 609. The van der Waals surface area contributed by atoms with Crippen LogP contribution in [0.1, 0.15) is 29.8 Å². The molecule has 0 radical (unpaired) electrons. The molecule has 0 spiro atoms. The Hall–Kier alpha value is -2.49.